The molecule has 0 atom stereocenters. The molecule has 26 heavy (non-hydrogen) atoms. The molecule has 3 heterocycles. The van der Waals surface area contributed by atoms with Gasteiger partial charge in [-0.3, -0.25) is 4.79 Å². The van der Waals surface area contributed by atoms with Gasteiger partial charge in [-0.05, 0) is 6.92 Å². The molecular weight excluding hydrogens is 344 g/mol. The molecule has 0 bridgehead atoms. The predicted molar refractivity (Wildman–Crippen MR) is 102 cm³/mol. The highest BCUT2D eigenvalue weighted by molar-refractivity contribution is 7.13. The van der Waals surface area contributed by atoms with E-state index in [0.717, 1.165) is 32.4 Å². The Kier molecular flexibility index (Phi) is 4.28. The minimum atomic E-state index is 0.0335. The molecule has 0 spiro atoms. The first-order valence-corrected chi connectivity index (χ1v) is 9.51. The summed E-state index contributed by atoms with van der Waals surface area (Å²) in [6.45, 7) is 7.17. The highest BCUT2D eigenvalue weighted by atomic mass is 32.1. The van der Waals surface area contributed by atoms with Crippen molar-refractivity contribution in [1.82, 2.24) is 19.9 Å². The molecule has 0 saturated carbocycles. The van der Waals surface area contributed by atoms with Gasteiger partial charge in [-0.15, -0.1) is 11.3 Å². The van der Waals surface area contributed by atoms with Crippen LogP contribution < -0.4 is 0 Å². The number of nitrogens with zero attached hydrogens (tertiary/aromatic N) is 4. The van der Waals surface area contributed by atoms with Gasteiger partial charge in [0.15, 0.2) is 5.82 Å². The van der Waals surface area contributed by atoms with E-state index in [9.17, 15) is 4.79 Å². The molecule has 2 aromatic heterocycles. The summed E-state index contributed by atoms with van der Waals surface area (Å²) in [5.41, 5.74) is 3.75. The Morgan fingerprint density at radius 2 is 1.92 bits per heavy atom. The van der Waals surface area contributed by atoms with Crippen molar-refractivity contribution < 1.29 is 4.79 Å². The molecule has 6 heteroatoms. The molecule has 0 aliphatic carbocycles. The number of benzene rings is 1. The number of aromatic nitrogens is 3. The van der Waals surface area contributed by atoms with E-state index in [1.165, 1.54) is 11.3 Å². The largest absolute Gasteiger partial charge is 0.328 e. The van der Waals surface area contributed by atoms with Crippen LogP contribution in [0.3, 0.4) is 0 Å². The fraction of sp³-hybridized carbons (Fsp3) is 0.300. The van der Waals surface area contributed by atoms with Crippen LogP contribution in [0.4, 0.5) is 0 Å². The van der Waals surface area contributed by atoms with Crippen molar-refractivity contribution in [3.63, 3.8) is 0 Å². The average molecular weight is 364 g/mol. The Hall–Kier alpha value is -2.60. The predicted octanol–water partition coefficient (Wildman–Crippen LogP) is 4.19. The van der Waals surface area contributed by atoms with Crippen molar-refractivity contribution in [2.75, 3.05) is 0 Å². The third-order valence-electron chi connectivity index (χ3n) is 4.48. The monoisotopic (exact) mass is 364 g/mol. The number of carbonyl (C=O) groups excluding carboxylic acids is 1. The molecule has 1 aliphatic heterocycles. The van der Waals surface area contributed by atoms with Crippen molar-refractivity contribution in [3.05, 3.63) is 63.4 Å². The maximum atomic E-state index is 13.0. The van der Waals surface area contributed by atoms with Gasteiger partial charge in [0.05, 0.1) is 22.9 Å². The van der Waals surface area contributed by atoms with Crippen molar-refractivity contribution >= 4 is 17.2 Å². The van der Waals surface area contributed by atoms with Crippen LogP contribution in [0.5, 0.6) is 0 Å². The lowest BCUT2D eigenvalue weighted by atomic mass is 10.2. The molecule has 0 radical (unpaired) electrons. The summed E-state index contributed by atoms with van der Waals surface area (Å²) in [6.07, 6.45) is 1.84. The van der Waals surface area contributed by atoms with Gasteiger partial charge in [0.2, 0.25) is 0 Å². The molecule has 132 valence electrons. The second-order valence-electron chi connectivity index (χ2n) is 6.81. The van der Waals surface area contributed by atoms with Gasteiger partial charge in [-0.2, -0.15) is 0 Å². The van der Waals surface area contributed by atoms with E-state index < -0.39 is 0 Å². The van der Waals surface area contributed by atoms with Crippen LogP contribution in [0.15, 0.2) is 36.5 Å². The quantitative estimate of drug-likeness (QED) is 0.699. The SMILES string of the molecule is Cc1nc(C(C)C)sc1C(=O)N1Cc2cnc(-c3ccccc3)nc2C1. The first-order valence-electron chi connectivity index (χ1n) is 8.69. The number of aryl methyl sites for hydroxylation is 1. The molecular formula is C20H20N4OS. The van der Waals surface area contributed by atoms with E-state index in [2.05, 4.69) is 28.8 Å². The average Bonchev–Trinajstić information content (AvgIpc) is 3.25. The molecule has 0 saturated heterocycles. The first kappa shape index (κ1) is 16.8. The molecule has 5 nitrogen and oxygen atoms in total. The van der Waals surface area contributed by atoms with Crippen molar-refractivity contribution in [2.45, 2.75) is 39.8 Å². The topological polar surface area (TPSA) is 59.0 Å². The van der Waals surface area contributed by atoms with Gasteiger partial charge in [0.25, 0.3) is 5.91 Å². The zero-order chi connectivity index (χ0) is 18.3. The smallest absolute Gasteiger partial charge is 0.266 e. The lowest BCUT2D eigenvalue weighted by molar-refractivity contribution is 0.0754. The minimum Gasteiger partial charge on any atom is -0.328 e. The highest BCUT2D eigenvalue weighted by Crippen LogP contribution is 2.29. The number of amides is 1. The second kappa shape index (κ2) is 6.61. The lowest BCUT2D eigenvalue weighted by Crippen LogP contribution is -2.25. The Bertz CT molecular complexity index is 965. The van der Waals surface area contributed by atoms with Gasteiger partial charge in [0.1, 0.15) is 4.88 Å². The highest BCUT2D eigenvalue weighted by Gasteiger charge is 2.29. The number of rotatable bonds is 3. The molecule has 1 aromatic carbocycles. The van der Waals surface area contributed by atoms with Crippen LogP contribution in [0.1, 0.15) is 51.4 Å². The Labute approximate surface area is 156 Å². The van der Waals surface area contributed by atoms with Crippen LogP contribution in [0.25, 0.3) is 11.4 Å². The van der Waals surface area contributed by atoms with Crippen LogP contribution in [-0.2, 0) is 13.1 Å². The van der Waals surface area contributed by atoms with Gasteiger partial charge < -0.3 is 4.90 Å². The zero-order valence-electron chi connectivity index (χ0n) is 15.1. The summed E-state index contributed by atoms with van der Waals surface area (Å²) in [5.74, 6) is 1.07. The minimum absolute atomic E-state index is 0.0335. The molecule has 0 fully saturated rings. The van der Waals surface area contributed by atoms with E-state index in [0.29, 0.717) is 24.8 Å². The Morgan fingerprint density at radius 3 is 2.62 bits per heavy atom. The van der Waals surface area contributed by atoms with Crippen molar-refractivity contribution in [2.24, 2.45) is 0 Å². The van der Waals surface area contributed by atoms with Gasteiger partial charge in [0, 0.05) is 29.8 Å². The molecule has 3 aromatic rings. The molecule has 4 rings (SSSR count). The van der Waals surface area contributed by atoms with E-state index in [4.69, 9.17) is 0 Å². The van der Waals surface area contributed by atoms with Crippen LogP contribution >= 0.6 is 11.3 Å². The number of carbonyl (C=O) groups is 1. The van der Waals surface area contributed by atoms with E-state index >= 15 is 0 Å². The third-order valence-corrected chi connectivity index (χ3v) is 5.92. The van der Waals surface area contributed by atoms with Crippen LogP contribution in [0.2, 0.25) is 0 Å². The van der Waals surface area contributed by atoms with E-state index in [1.807, 2.05) is 48.4 Å². The maximum absolute atomic E-state index is 13.0. The van der Waals surface area contributed by atoms with Crippen molar-refractivity contribution in [3.8, 4) is 11.4 Å². The van der Waals surface area contributed by atoms with Gasteiger partial charge in [-0.25, -0.2) is 15.0 Å². The second-order valence-corrected chi connectivity index (χ2v) is 7.84. The lowest BCUT2D eigenvalue weighted by Gasteiger charge is -2.13. The fourth-order valence-electron chi connectivity index (χ4n) is 3.03. The third kappa shape index (κ3) is 3.01. The normalized spacial score (nSPS) is 13.3. The number of thiazole rings is 1. The molecule has 1 aliphatic rings. The van der Waals surface area contributed by atoms with E-state index in [1.54, 1.807) is 0 Å². The molecule has 0 N–H and O–H groups in total. The van der Waals surface area contributed by atoms with E-state index in [-0.39, 0.29) is 5.91 Å². The van der Waals surface area contributed by atoms with Crippen LogP contribution in [-0.4, -0.2) is 25.8 Å². The Morgan fingerprint density at radius 1 is 1.15 bits per heavy atom. The Balaban J connectivity index is 1.58. The standard InChI is InChI=1S/C20H20N4OS/c1-12(2)19-22-13(3)17(26-19)20(25)24-10-15-9-21-18(23-16(15)11-24)14-7-5-4-6-8-14/h4-9,12H,10-11H2,1-3H3. The number of hydrogen-bond acceptors (Lipinski definition) is 5. The first-order chi connectivity index (χ1) is 12.5. The molecule has 1 amide bonds. The summed E-state index contributed by atoms with van der Waals surface area (Å²) in [7, 11) is 0. The van der Waals surface area contributed by atoms with Crippen molar-refractivity contribution in [1.29, 1.82) is 0 Å². The van der Waals surface area contributed by atoms with Gasteiger partial charge >= 0.3 is 0 Å². The zero-order valence-corrected chi connectivity index (χ0v) is 15.9. The summed E-state index contributed by atoms with van der Waals surface area (Å²) in [6, 6.07) is 9.91. The van der Waals surface area contributed by atoms with Gasteiger partial charge in [-0.1, -0.05) is 44.2 Å². The number of hydrogen-bond donors (Lipinski definition) is 0. The summed E-state index contributed by atoms with van der Waals surface area (Å²) in [5, 5.41) is 1.01. The summed E-state index contributed by atoms with van der Waals surface area (Å²) < 4.78 is 0. The summed E-state index contributed by atoms with van der Waals surface area (Å²) >= 11 is 1.50. The van der Waals surface area contributed by atoms with Crippen LogP contribution in [0, 0.1) is 6.92 Å². The maximum Gasteiger partial charge on any atom is 0.266 e. The summed E-state index contributed by atoms with van der Waals surface area (Å²) in [4.78, 5) is 29.3. The molecule has 0 unspecified atom stereocenters. The fourth-order valence-corrected chi connectivity index (χ4v) is 4.07. The number of fused-ring (bicyclic) bond motifs is 1.